The summed E-state index contributed by atoms with van der Waals surface area (Å²) in [5, 5.41) is 3.46. The summed E-state index contributed by atoms with van der Waals surface area (Å²) in [6.45, 7) is 15.4. The van der Waals surface area contributed by atoms with Crippen molar-refractivity contribution >= 4 is 5.69 Å². The van der Waals surface area contributed by atoms with Gasteiger partial charge >= 0.3 is 0 Å². The fourth-order valence-corrected chi connectivity index (χ4v) is 2.15. The van der Waals surface area contributed by atoms with Gasteiger partial charge in [-0.25, -0.2) is 0 Å². The second kappa shape index (κ2) is 6.13. The number of hydrogen-bond acceptors (Lipinski definition) is 3. The number of anilines is 1. The zero-order valence-electron chi connectivity index (χ0n) is 14.5. The molecule has 1 aromatic heterocycles. The largest absolute Gasteiger partial charge is 0.383 e. The maximum Gasteiger partial charge on any atom is 0.0530 e. The van der Waals surface area contributed by atoms with E-state index in [1.165, 1.54) is 11.3 Å². The highest BCUT2D eigenvalue weighted by Gasteiger charge is 2.26. The average Bonchev–Trinajstić information content (AvgIpc) is 2.25. The molecule has 1 heterocycles. The predicted molar refractivity (Wildman–Crippen MR) is 88.7 cm³/mol. The molecule has 0 spiro atoms. The SMILES string of the molecule is CN(C)CCNc1cnc(C(C)(C)C)c(C(C)(C)C)c1. The summed E-state index contributed by atoms with van der Waals surface area (Å²) in [7, 11) is 4.17. The van der Waals surface area contributed by atoms with Gasteiger partial charge in [0.1, 0.15) is 0 Å². The molecule has 3 heteroatoms. The van der Waals surface area contributed by atoms with E-state index in [1.807, 2.05) is 6.20 Å². The van der Waals surface area contributed by atoms with Crippen LogP contribution in [0.25, 0.3) is 0 Å². The van der Waals surface area contributed by atoms with E-state index in [0.717, 1.165) is 18.8 Å². The molecule has 114 valence electrons. The molecule has 1 rings (SSSR count). The Balaban J connectivity index is 3.03. The van der Waals surface area contributed by atoms with Crippen molar-refractivity contribution in [3.8, 4) is 0 Å². The molecular weight excluding hydrogens is 246 g/mol. The summed E-state index contributed by atoms with van der Waals surface area (Å²) < 4.78 is 0. The second-order valence-corrected chi connectivity index (χ2v) is 7.85. The van der Waals surface area contributed by atoms with Crippen molar-refractivity contribution in [2.75, 3.05) is 32.5 Å². The lowest BCUT2D eigenvalue weighted by Gasteiger charge is -2.29. The number of hydrogen-bond donors (Lipinski definition) is 1. The quantitative estimate of drug-likeness (QED) is 0.910. The van der Waals surface area contributed by atoms with Gasteiger partial charge in [0.05, 0.1) is 11.9 Å². The van der Waals surface area contributed by atoms with Crippen LogP contribution < -0.4 is 5.32 Å². The Morgan fingerprint density at radius 1 is 1.05 bits per heavy atom. The lowest BCUT2D eigenvalue weighted by molar-refractivity contribution is 0.425. The summed E-state index contributed by atoms with van der Waals surface area (Å²) in [4.78, 5) is 6.91. The first-order valence-electron chi connectivity index (χ1n) is 7.41. The molecule has 0 unspecified atom stereocenters. The van der Waals surface area contributed by atoms with Crippen LogP contribution in [0.2, 0.25) is 0 Å². The molecule has 1 aromatic rings. The van der Waals surface area contributed by atoms with Gasteiger partial charge in [0, 0.05) is 24.2 Å². The number of nitrogens with zero attached hydrogens (tertiary/aromatic N) is 2. The van der Waals surface area contributed by atoms with E-state index in [9.17, 15) is 0 Å². The molecule has 20 heavy (non-hydrogen) atoms. The summed E-state index contributed by atoms with van der Waals surface area (Å²) in [5.74, 6) is 0. The van der Waals surface area contributed by atoms with Crippen molar-refractivity contribution < 1.29 is 0 Å². The van der Waals surface area contributed by atoms with Crippen LogP contribution in [0.4, 0.5) is 5.69 Å². The van der Waals surface area contributed by atoms with Crippen LogP contribution in [0, 0.1) is 0 Å². The summed E-state index contributed by atoms with van der Waals surface area (Å²) >= 11 is 0. The monoisotopic (exact) mass is 277 g/mol. The van der Waals surface area contributed by atoms with Crippen LogP contribution in [0.5, 0.6) is 0 Å². The Morgan fingerprint density at radius 2 is 1.65 bits per heavy atom. The number of pyridine rings is 1. The molecular formula is C17H31N3. The first-order chi connectivity index (χ1) is 9.01. The van der Waals surface area contributed by atoms with Crippen molar-refractivity contribution in [3.05, 3.63) is 23.5 Å². The van der Waals surface area contributed by atoms with E-state index < -0.39 is 0 Å². The van der Waals surface area contributed by atoms with Crippen molar-refractivity contribution in [2.45, 2.75) is 52.4 Å². The Bertz CT molecular complexity index is 437. The maximum absolute atomic E-state index is 4.74. The van der Waals surface area contributed by atoms with Gasteiger partial charge in [-0.1, -0.05) is 41.5 Å². The highest BCUT2D eigenvalue weighted by Crippen LogP contribution is 2.33. The van der Waals surface area contributed by atoms with Gasteiger partial charge in [0.25, 0.3) is 0 Å². The van der Waals surface area contributed by atoms with Gasteiger partial charge < -0.3 is 10.2 Å². The van der Waals surface area contributed by atoms with E-state index in [2.05, 4.69) is 71.9 Å². The molecule has 1 N–H and O–H groups in total. The molecule has 0 amide bonds. The third-order valence-corrected chi connectivity index (χ3v) is 3.29. The van der Waals surface area contributed by atoms with Gasteiger partial charge in [-0.05, 0) is 31.1 Å². The summed E-state index contributed by atoms with van der Waals surface area (Å²) in [6.07, 6.45) is 1.96. The van der Waals surface area contributed by atoms with E-state index in [4.69, 9.17) is 4.98 Å². The molecule has 0 aliphatic rings. The van der Waals surface area contributed by atoms with Gasteiger partial charge in [-0.3, -0.25) is 4.98 Å². The second-order valence-electron chi connectivity index (χ2n) is 7.85. The van der Waals surface area contributed by atoms with Crippen molar-refractivity contribution in [3.63, 3.8) is 0 Å². The standard InChI is InChI=1S/C17H31N3/c1-16(2,3)14-11-13(18-9-10-20(7)8)12-19-15(14)17(4,5)6/h11-12,18H,9-10H2,1-8H3. The number of likely N-dealkylation sites (N-methyl/N-ethyl adjacent to an activating group) is 1. The highest BCUT2D eigenvalue weighted by molar-refractivity contribution is 5.48. The fourth-order valence-electron chi connectivity index (χ4n) is 2.15. The Labute approximate surface area is 124 Å². The topological polar surface area (TPSA) is 28.2 Å². The number of nitrogens with one attached hydrogen (secondary N) is 1. The Kier molecular flexibility index (Phi) is 5.20. The maximum atomic E-state index is 4.74. The first-order valence-corrected chi connectivity index (χ1v) is 7.41. The molecule has 0 radical (unpaired) electrons. The summed E-state index contributed by atoms with van der Waals surface area (Å²) in [5.41, 5.74) is 3.83. The van der Waals surface area contributed by atoms with Crippen LogP contribution >= 0.6 is 0 Å². The molecule has 0 aliphatic heterocycles. The highest BCUT2D eigenvalue weighted by atomic mass is 15.1. The van der Waals surface area contributed by atoms with Crippen LogP contribution in [0.15, 0.2) is 12.3 Å². The molecule has 0 aliphatic carbocycles. The minimum atomic E-state index is 0.0742. The van der Waals surface area contributed by atoms with E-state index in [-0.39, 0.29) is 10.8 Å². The smallest absolute Gasteiger partial charge is 0.0530 e. The van der Waals surface area contributed by atoms with Crippen LogP contribution in [-0.4, -0.2) is 37.1 Å². The minimum absolute atomic E-state index is 0.0742. The van der Waals surface area contributed by atoms with Crippen LogP contribution in [-0.2, 0) is 10.8 Å². The predicted octanol–water partition coefficient (Wildman–Crippen LogP) is 3.65. The lowest BCUT2D eigenvalue weighted by atomic mass is 9.78. The van der Waals surface area contributed by atoms with Crippen molar-refractivity contribution in [1.82, 2.24) is 9.88 Å². The third-order valence-electron chi connectivity index (χ3n) is 3.29. The molecule has 0 atom stereocenters. The van der Waals surface area contributed by atoms with E-state index in [1.54, 1.807) is 0 Å². The van der Waals surface area contributed by atoms with Crippen LogP contribution in [0.3, 0.4) is 0 Å². The fraction of sp³-hybridized carbons (Fsp3) is 0.706. The molecule has 0 fully saturated rings. The minimum Gasteiger partial charge on any atom is -0.383 e. The zero-order valence-corrected chi connectivity index (χ0v) is 14.5. The summed E-state index contributed by atoms with van der Waals surface area (Å²) in [6, 6.07) is 2.27. The van der Waals surface area contributed by atoms with Crippen molar-refractivity contribution in [1.29, 1.82) is 0 Å². The molecule has 0 aromatic carbocycles. The number of aromatic nitrogens is 1. The van der Waals surface area contributed by atoms with Gasteiger partial charge in [0.15, 0.2) is 0 Å². The molecule has 0 saturated heterocycles. The van der Waals surface area contributed by atoms with Gasteiger partial charge in [0.2, 0.25) is 0 Å². The van der Waals surface area contributed by atoms with Crippen LogP contribution in [0.1, 0.15) is 52.8 Å². The molecule has 0 saturated carbocycles. The average molecular weight is 277 g/mol. The van der Waals surface area contributed by atoms with Crippen molar-refractivity contribution in [2.24, 2.45) is 0 Å². The Morgan fingerprint density at radius 3 is 2.10 bits per heavy atom. The Hall–Kier alpha value is -1.09. The van der Waals surface area contributed by atoms with E-state index in [0.29, 0.717) is 0 Å². The number of rotatable bonds is 4. The normalized spacial score (nSPS) is 12.8. The molecule has 0 bridgehead atoms. The van der Waals surface area contributed by atoms with Gasteiger partial charge in [-0.2, -0.15) is 0 Å². The third kappa shape index (κ3) is 4.78. The lowest BCUT2D eigenvalue weighted by Crippen LogP contribution is -2.25. The first kappa shape index (κ1) is 17.0. The van der Waals surface area contributed by atoms with E-state index >= 15 is 0 Å². The van der Waals surface area contributed by atoms with Gasteiger partial charge in [-0.15, -0.1) is 0 Å². The zero-order chi connectivity index (χ0) is 15.6. The molecule has 3 nitrogen and oxygen atoms in total.